The molecule has 0 aromatic heterocycles. The van der Waals surface area contributed by atoms with Gasteiger partial charge in [0, 0.05) is 13.2 Å². The zero-order valence-corrected chi connectivity index (χ0v) is 12.8. The Bertz CT molecular complexity index is 441. The number of benzene rings is 1. The molecule has 1 unspecified atom stereocenters. The SMILES string of the molecule is CCCCCNC(=O)c1ccccc1OCC1CCCO1. The van der Waals surface area contributed by atoms with Crippen LogP contribution in [0.2, 0.25) is 0 Å². The van der Waals surface area contributed by atoms with Crippen molar-refractivity contribution in [3.05, 3.63) is 29.8 Å². The van der Waals surface area contributed by atoms with Gasteiger partial charge in [-0.3, -0.25) is 4.79 Å². The quantitative estimate of drug-likeness (QED) is 0.748. The molecule has 0 radical (unpaired) electrons. The summed E-state index contributed by atoms with van der Waals surface area (Å²) in [7, 11) is 0. The molecule has 1 saturated heterocycles. The lowest BCUT2D eigenvalue weighted by atomic mass is 10.1. The summed E-state index contributed by atoms with van der Waals surface area (Å²) in [6.45, 7) is 4.19. The second kappa shape index (κ2) is 8.67. The predicted molar refractivity (Wildman–Crippen MR) is 82.8 cm³/mol. The van der Waals surface area contributed by atoms with Gasteiger partial charge in [-0.25, -0.2) is 0 Å². The van der Waals surface area contributed by atoms with Gasteiger partial charge in [0.1, 0.15) is 12.4 Å². The fraction of sp³-hybridized carbons (Fsp3) is 0.588. The van der Waals surface area contributed by atoms with E-state index in [4.69, 9.17) is 9.47 Å². The summed E-state index contributed by atoms with van der Waals surface area (Å²) in [5.41, 5.74) is 0.604. The number of amides is 1. The van der Waals surface area contributed by atoms with Crippen LogP contribution in [0, 0.1) is 0 Å². The number of carbonyl (C=O) groups is 1. The zero-order chi connectivity index (χ0) is 14.9. The number of para-hydroxylation sites is 1. The number of ether oxygens (including phenoxy) is 2. The Morgan fingerprint density at radius 2 is 2.24 bits per heavy atom. The Labute approximate surface area is 126 Å². The second-order valence-electron chi connectivity index (χ2n) is 5.41. The minimum Gasteiger partial charge on any atom is -0.490 e. The number of nitrogens with one attached hydrogen (secondary N) is 1. The van der Waals surface area contributed by atoms with Crippen molar-refractivity contribution in [1.82, 2.24) is 5.32 Å². The van der Waals surface area contributed by atoms with E-state index in [-0.39, 0.29) is 12.0 Å². The van der Waals surface area contributed by atoms with Gasteiger partial charge in [-0.15, -0.1) is 0 Å². The van der Waals surface area contributed by atoms with E-state index in [0.717, 1.165) is 38.7 Å². The Kier molecular flexibility index (Phi) is 6.54. The van der Waals surface area contributed by atoms with Crippen molar-refractivity contribution in [3.63, 3.8) is 0 Å². The average Bonchev–Trinajstić information content (AvgIpc) is 3.03. The average molecular weight is 291 g/mol. The van der Waals surface area contributed by atoms with Crippen molar-refractivity contribution in [3.8, 4) is 5.75 Å². The molecule has 1 aliphatic heterocycles. The van der Waals surface area contributed by atoms with Gasteiger partial charge >= 0.3 is 0 Å². The van der Waals surface area contributed by atoms with E-state index < -0.39 is 0 Å². The van der Waals surface area contributed by atoms with Crippen LogP contribution in [0.4, 0.5) is 0 Å². The van der Waals surface area contributed by atoms with Gasteiger partial charge in [-0.2, -0.15) is 0 Å². The van der Waals surface area contributed by atoms with E-state index in [1.807, 2.05) is 18.2 Å². The molecular formula is C17H25NO3. The van der Waals surface area contributed by atoms with Crippen molar-refractivity contribution in [2.24, 2.45) is 0 Å². The maximum atomic E-state index is 12.2. The van der Waals surface area contributed by atoms with E-state index in [2.05, 4.69) is 12.2 Å². The molecule has 1 aromatic carbocycles. The third-order valence-corrected chi connectivity index (χ3v) is 3.65. The molecule has 1 amide bonds. The molecule has 1 heterocycles. The van der Waals surface area contributed by atoms with E-state index in [1.165, 1.54) is 0 Å². The van der Waals surface area contributed by atoms with Crippen LogP contribution in [0.25, 0.3) is 0 Å². The Morgan fingerprint density at radius 1 is 1.38 bits per heavy atom. The standard InChI is InChI=1S/C17H25NO3/c1-2-3-6-11-18-17(19)15-9-4-5-10-16(15)21-13-14-8-7-12-20-14/h4-5,9-10,14H,2-3,6-8,11-13H2,1H3,(H,18,19). The van der Waals surface area contributed by atoms with Gasteiger partial charge in [0.15, 0.2) is 0 Å². The lowest BCUT2D eigenvalue weighted by molar-refractivity contribution is 0.0670. The fourth-order valence-corrected chi connectivity index (χ4v) is 2.41. The Morgan fingerprint density at radius 3 is 3.00 bits per heavy atom. The van der Waals surface area contributed by atoms with Crippen molar-refractivity contribution >= 4 is 5.91 Å². The summed E-state index contributed by atoms with van der Waals surface area (Å²) in [5.74, 6) is 0.579. The Balaban J connectivity index is 1.87. The highest BCUT2D eigenvalue weighted by Gasteiger charge is 2.18. The monoisotopic (exact) mass is 291 g/mol. The molecule has 1 aromatic rings. The summed E-state index contributed by atoms with van der Waals surface area (Å²) in [6.07, 6.45) is 5.58. The first kappa shape index (κ1) is 15.8. The summed E-state index contributed by atoms with van der Waals surface area (Å²) in [5, 5.41) is 2.95. The second-order valence-corrected chi connectivity index (χ2v) is 5.41. The topological polar surface area (TPSA) is 47.6 Å². The van der Waals surface area contributed by atoms with Crippen molar-refractivity contribution in [1.29, 1.82) is 0 Å². The molecule has 1 aliphatic rings. The van der Waals surface area contributed by atoms with E-state index in [9.17, 15) is 4.79 Å². The number of unbranched alkanes of at least 4 members (excludes halogenated alkanes) is 2. The largest absolute Gasteiger partial charge is 0.490 e. The third-order valence-electron chi connectivity index (χ3n) is 3.65. The zero-order valence-electron chi connectivity index (χ0n) is 12.8. The molecule has 0 aliphatic carbocycles. The molecule has 0 spiro atoms. The number of hydrogen-bond acceptors (Lipinski definition) is 3. The van der Waals surface area contributed by atoms with Gasteiger partial charge in [0.2, 0.25) is 0 Å². The van der Waals surface area contributed by atoms with Gasteiger partial charge in [0.05, 0.1) is 11.7 Å². The van der Waals surface area contributed by atoms with Crippen LogP contribution in [0.1, 0.15) is 49.4 Å². The van der Waals surface area contributed by atoms with Gasteiger partial charge in [-0.1, -0.05) is 31.9 Å². The minimum absolute atomic E-state index is 0.0611. The van der Waals surface area contributed by atoms with E-state index in [1.54, 1.807) is 6.07 Å². The van der Waals surface area contributed by atoms with Crippen molar-refractivity contribution in [2.75, 3.05) is 19.8 Å². The Hall–Kier alpha value is -1.55. The van der Waals surface area contributed by atoms with Crippen LogP contribution in [-0.2, 0) is 4.74 Å². The highest BCUT2D eigenvalue weighted by atomic mass is 16.5. The van der Waals surface area contributed by atoms with Crippen LogP contribution in [-0.4, -0.2) is 31.8 Å². The molecule has 1 atom stereocenters. The summed E-state index contributed by atoms with van der Waals surface area (Å²) < 4.78 is 11.3. The van der Waals surface area contributed by atoms with Crippen LogP contribution in [0.15, 0.2) is 24.3 Å². The van der Waals surface area contributed by atoms with Gasteiger partial charge in [-0.05, 0) is 31.4 Å². The van der Waals surface area contributed by atoms with Gasteiger partial charge in [0.25, 0.3) is 5.91 Å². The summed E-state index contributed by atoms with van der Waals surface area (Å²) in [4.78, 5) is 12.2. The van der Waals surface area contributed by atoms with Crippen molar-refractivity contribution < 1.29 is 14.3 Å². The molecule has 0 saturated carbocycles. The third kappa shape index (κ3) is 5.05. The first-order valence-corrected chi connectivity index (χ1v) is 7.93. The first-order chi connectivity index (χ1) is 10.3. The molecule has 0 bridgehead atoms. The molecule has 21 heavy (non-hydrogen) atoms. The fourth-order valence-electron chi connectivity index (χ4n) is 2.41. The highest BCUT2D eigenvalue weighted by molar-refractivity contribution is 5.96. The van der Waals surface area contributed by atoms with Crippen LogP contribution < -0.4 is 10.1 Å². The lowest BCUT2D eigenvalue weighted by Gasteiger charge is -2.14. The van der Waals surface area contributed by atoms with Crippen LogP contribution in [0.5, 0.6) is 5.75 Å². The van der Waals surface area contributed by atoms with Crippen LogP contribution in [0.3, 0.4) is 0 Å². The summed E-state index contributed by atoms with van der Waals surface area (Å²) >= 11 is 0. The number of rotatable bonds is 8. The predicted octanol–water partition coefficient (Wildman–Crippen LogP) is 3.16. The smallest absolute Gasteiger partial charge is 0.255 e. The van der Waals surface area contributed by atoms with E-state index in [0.29, 0.717) is 24.5 Å². The molecule has 4 heteroatoms. The minimum atomic E-state index is -0.0611. The molecule has 2 rings (SSSR count). The van der Waals surface area contributed by atoms with E-state index >= 15 is 0 Å². The lowest BCUT2D eigenvalue weighted by Crippen LogP contribution is -2.25. The first-order valence-electron chi connectivity index (χ1n) is 7.93. The summed E-state index contributed by atoms with van der Waals surface area (Å²) in [6, 6.07) is 7.40. The maximum absolute atomic E-state index is 12.2. The highest BCUT2D eigenvalue weighted by Crippen LogP contribution is 2.20. The maximum Gasteiger partial charge on any atom is 0.255 e. The normalized spacial score (nSPS) is 17.7. The molecule has 116 valence electrons. The molecular weight excluding hydrogens is 266 g/mol. The van der Waals surface area contributed by atoms with Gasteiger partial charge < -0.3 is 14.8 Å². The van der Waals surface area contributed by atoms with Crippen molar-refractivity contribution in [2.45, 2.75) is 45.1 Å². The van der Waals surface area contributed by atoms with Crippen LogP contribution >= 0.6 is 0 Å². The molecule has 4 nitrogen and oxygen atoms in total. The number of hydrogen-bond donors (Lipinski definition) is 1. The number of carbonyl (C=O) groups excluding carboxylic acids is 1. The molecule has 1 fully saturated rings. The molecule has 1 N–H and O–H groups in total.